The Morgan fingerprint density at radius 2 is 1.76 bits per heavy atom. The zero-order chi connectivity index (χ0) is 20.6. The van der Waals surface area contributed by atoms with Gasteiger partial charge in [-0.15, -0.1) is 0 Å². The van der Waals surface area contributed by atoms with E-state index in [1.165, 1.54) is 4.31 Å². The number of rotatable bonds is 4. The lowest BCUT2D eigenvalue weighted by Crippen LogP contribution is -2.39. The molecule has 2 heterocycles. The number of aromatic nitrogens is 1. The molecule has 1 aromatic heterocycles. The van der Waals surface area contributed by atoms with Crippen molar-refractivity contribution >= 4 is 37.6 Å². The number of oxazole rings is 1. The first-order chi connectivity index (χ1) is 13.8. The third kappa shape index (κ3) is 4.28. The molecule has 2 aromatic carbocycles. The molecule has 0 N–H and O–H groups in total. The summed E-state index contributed by atoms with van der Waals surface area (Å²) in [4.78, 5) is 4.44. The Labute approximate surface area is 183 Å². The number of nitrogens with zero attached hydrogens (tertiary/aromatic N) is 2. The van der Waals surface area contributed by atoms with Crippen molar-refractivity contribution in [1.29, 1.82) is 0 Å². The van der Waals surface area contributed by atoms with Crippen molar-refractivity contribution in [3.63, 3.8) is 0 Å². The number of halogens is 2. The number of sulfonamides is 1. The lowest BCUT2D eigenvalue weighted by molar-refractivity contribution is 0.280. The van der Waals surface area contributed by atoms with Gasteiger partial charge in [-0.3, -0.25) is 0 Å². The topological polar surface area (TPSA) is 63.4 Å². The van der Waals surface area contributed by atoms with Crippen LogP contribution in [0.5, 0.6) is 0 Å². The van der Waals surface area contributed by atoms with E-state index in [0.29, 0.717) is 35.2 Å². The molecular formula is C21H20BrClN2O3S. The largest absolute Gasteiger partial charge is 0.435 e. The van der Waals surface area contributed by atoms with Crippen LogP contribution in [0.1, 0.15) is 19.8 Å². The van der Waals surface area contributed by atoms with Gasteiger partial charge in [-0.25, -0.2) is 8.42 Å². The zero-order valence-electron chi connectivity index (χ0n) is 15.8. The third-order valence-electron chi connectivity index (χ3n) is 5.00. The SMILES string of the molecule is C[C@@H]1CCCN(S(=O)(=O)c2nc(-c3ccc(Br)cc3)oc2-c2ccc(Cl)cc2)C1. The van der Waals surface area contributed by atoms with Crippen molar-refractivity contribution in [2.24, 2.45) is 5.92 Å². The molecule has 152 valence electrons. The van der Waals surface area contributed by atoms with Crippen LogP contribution in [0, 0.1) is 5.92 Å². The first kappa shape index (κ1) is 20.6. The van der Waals surface area contributed by atoms with Crippen LogP contribution in [0.15, 0.2) is 62.4 Å². The Hall–Kier alpha value is -1.67. The Morgan fingerprint density at radius 3 is 2.41 bits per heavy atom. The number of hydrogen-bond acceptors (Lipinski definition) is 4. The monoisotopic (exact) mass is 494 g/mol. The van der Waals surface area contributed by atoms with Gasteiger partial charge in [0.2, 0.25) is 10.9 Å². The third-order valence-corrected chi connectivity index (χ3v) is 7.56. The number of hydrogen-bond donors (Lipinski definition) is 0. The van der Waals surface area contributed by atoms with Crippen LogP contribution < -0.4 is 0 Å². The molecule has 1 saturated heterocycles. The maximum atomic E-state index is 13.5. The number of piperidine rings is 1. The Bertz CT molecular complexity index is 1110. The summed E-state index contributed by atoms with van der Waals surface area (Å²) in [5.74, 6) is 0.819. The lowest BCUT2D eigenvalue weighted by Gasteiger charge is -2.29. The number of benzene rings is 2. The molecule has 3 aromatic rings. The Morgan fingerprint density at radius 1 is 1.10 bits per heavy atom. The normalized spacial score (nSPS) is 18.1. The molecule has 1 aliphatic heterocycles. The van der Waals surface area contributed by atoms with Crippen molar-refractivity contribution in [2.75, 3.05) is 13.1 Å². The van der Waals surface area contributed by atoms with E-state index < -0.39 is 10.0 Å². The van der Waals surface area contributed by atoms with Gasteiger partial charge >= 0.3 is 0 Å². The molecule has 5 nitrogen and oxygen atoms in total. The Kier molecular flexibility index (Phi) is 5.84. The minimum atomic E-state index is -3.79. The molecule has 29 heavy (non-hydrogen) atoms. The van der Waals surface area contributed by atoms with E-state index in [4.69, 9.17) is 16.0 Å². The fraction of sp³-hybridized carbons (Fsp3) is 0.286. The van der Waals surface area contributed by atoms with Gasteiger partial charge in [-0.05, 0) is 67.3 Å². The standard InChI is InChI=1S/C21H20BrClN2O3S/c1-14-3-2-12-25(13-14)29(26,27)21-19(15-6-10-18(23)11-7-15)28-20(24-21)16-4-8-17(22)9-5-16/h4-11,14H,2-3,12-13H2,1H3/t14-/m1/s1. The highest BCUT2D eigenvalue weighted by atomic mass is 79.9. The molecule has 1 atom stereocenters. The van der Waals surface area contributed by atoms with E-state index in [2.05, 4.69) is 27.8 Å². The predicted octanol–water partition coefficient (Wildman–Crippen LogP) is 5.85. The molecule has 8 heteroatoms. The second kappa shape index (κ2) is 8.22. The van der Waals surface area contributed by atoms with Gasteiger partial charge in [0.25, 0.3) is 10.0 Å². The highest BCUT2D eigenvalue weighted by molar-refractivity contribution is 9.10. The molecule has 1 fully saturated rings. The van der Waals surface area contributed by atoms with Crippen molar-refractivity contribution in [3.05, 3.63) is 58.0 Å². The van der Waals surface area contributed by atoms with E-state index in [9.17, 15) is 8.42 Å². The average molecular weight is 496 g/mol. The maximum Gasteiger partial charge on any atom is 0.264 e. The molecule has 0 unspecified atom stereocenters. The van der Waals surface area contributed by atoms with Crippen LogP contribution in [0.2, 0.25) is 5.02 Å². The van der Waals surface area contributed by atoms with Crippen LogP contribution >= 0.6 is 27.5 Å². The molecule has 1 aliphatic rings. The van der Waals surface area contributed by atoms with Gasteiger partial charge in [0.1, 0.15) is 0 Å². The van der Waals surface area contributed by atoms with Gasteiger partial charge < -0.3 is 4.42 Å². The minimum absolute atomic E-state index is 0.0492. The van der Waals surface area contributed by atoms with E-state index in [1.807, 2.05) is 24.3 Å². The molecule has 0 saturated carbocycles. The van der Waals surface area contributed by atoms with Crippen LogP contribution in [-0.4, -0.2) is 30.8 Å². The molecule has 0 bridgehead atoms. The minimum Gasteiger partial charge on any atom is -0.435 e. The fourth-order valence-corrected chi connectivity index (χ4v) is 5.51. The molecule has 0 radical (unpaired) electrons. The van der Waals surface area contributed by atoms with Gasteiger partial charge in [-0.1, -0.05) is 34.5 Å². The van der Waals surface area contributed by atoms with Crippen molar-refractivity contribution in [1.82, 2.24) is 9.29 Å². The molecule has 0 aliphatic carbocycles. The molecular weight excluding hydrogens is 476 g/mol. The van der Waals surface area contributed by atoms with E-state index in [1.54, 1.807) is 24.3 Å². The van der Waals surface area contributed by atoms with E-state index in [-0.39, 0.29) is 16.7 Å². The summed E-state index contributed by atoms with van der Waals surface area (Å²) >= 11 is 9.41. The van der Waals surface area contributed by atoms with Crippen LogP contribution in [0.4, 0.5) is 0 Å². The summed E-state index contributed by atoms with van der Waals surface area (Å²) in [6.07, 6.45) is 1.87. The highest BCUT2D eigenvalue weighted by Gasteiger charge is 2.35. The van der Waals surface area contributed by atoms with Gasteiger partial charge in [-0.2, -0.15) is 9.29 Å². The van der Waals surface area contributed by atoms with Crippen LogP contribution in [0.3, 0.4) is 0 Å². The van der Waals surface area contributed by atoms with Gasteiger partial charge in [0, 0.05) is 33.7 Å². The fourth-order valence-electron chi connectivity index (χ4n) is 3.47. The molecule has 0 spiro atoms. The summed E-state index contributed by atoms with van der Waals surface area (Å²) in [7, 11) is -3.79. The van der Waals surface area contributed by atoms with Crippen molar-refractivity contribution in [3.8, 4) is 22.8 Å². The van der Waals surface area contributed by atoms with Gasteiger partial charge in [0.15, 0.2) is 5.76 Å². The summed E-state index contributed by atoms with van der Waals surface area (Å²) in [5, 5.41) is 0.516. The van der Waals surface area contributed by atoms with Gasteiger partial charge in [0.05, 0.1) is 0 Å². The van der Waals surface area contributed by atoms with Crippen molar-refractivity contribution < 1.29 is 12.8 Å². The summed E-state index contributed by atoms with van der Waals surface area (Å²) in [6, 6.07) is 14.3. The maximum absolute atomic E-state index is 13.5. The first-order valence-electron chi connectivity index (χ1n) is 9.37. The van der Waals surface area contributed by atoms with E-state index >= 15 is 0 Å². The lowest BCUT2D eigenvalue weighted by atomic mass is 10.0. The first-order valence-corrected chi connectivity index (χ1v) is 12.0. The molecule has 0 amide bonds. The summed E-state index contributed by atoms with van der Waals surface area (Å²) in [6.45, 7) is 3.05. The highest BCUT2D eigenvalue weighted by Crippen LogP contribution is 2.35. The Balaban J connectivity index is 1.84. The quantitative estimate of drug-likeness (QED) is 0.456. The summed E-state index contributed by atoms with van der Waals surface area (Å²) in [5.41, 5.74) is 1.32. The van der Waals surface area contributed by atoms with Crippen molar-refractivity contribution in [2.45, 2.75) is 24.8 Å². The summed E-state index contributed by atoms with van der Waals surface area (Å²) < 4.78 is 35.4. The van der Waals surface area contributed by atoms with Crippen LogP contribution in [0.25, 0.3) is 22.8 Å². The van der Waals surface area contributed by atoms with E-state index in [0.717, 1.165) is 17.3 Å². The average Bonchev–Trinajstić information content (AvgIpc) is 3.15. The van der Waals surface area contributed by atoms with Crippen LogP contribution in [-0.2, 0) is 10.0 Å². The molecule has 4 rings (SSSR count). The predicted molar refractivity (Wildman–Crippen MR) is 117 cm³/mol. The zero-order valence-corrected chi connectivity index (χ0v) is 19.0. The smallest absolute Gasteiger partial charge is 0.264 e. The second-order valence-corrected chi connectivity index (χ2v) is 10.5. The second-order valence-electron chi connectivity index (χ2n) is 7.28.